The Morgan fingerprint density at radius 3 is 2.59 bits per heavy atom. The van der Waals surface area contributed by atoms with E-state index in [9.17, 15) is 23.2 Å². The minimum absolute atomic E-state index is 0.0429. The molecule has 3 heterocycles. The normalized spacial score (nSPS) is 12.8. The topological polar surface area (TPSA) is 97.3 Å². The minimum Gasteiger partial charge on any atom is -0.457 e. The molecule has 0 amide bonds. The summed E-state index contributed by atoms with van der Waals surface area (Å²) in [6.07, 6.45) is 4.54. The molecule has 0 unspecified atom stereocenters. The van der Waals surface area contributed by atoms with Gasteiger partial charge in [-0.3, -0.25) is 19.3 Å². The maximum Gasteiger partial charge on any atom is 0.336 e. The Morgan fingerprint density at radius 1 is 1.12 bits per heavy atom. The second kappa shape index (κ2) is 8.58. The van der Waals surface area contributed by atoms with E-state index in [1.807, 2.05) is 0 Å². The van der Waals surface area contributed by atoms with Gasteiger partial charge in [0.2, 0.25) is 0 Å². The van der Waals surface area contributed by atoms with Crippen molar-refractivity contribution in [1.82, 2.24) is 14.5 Å². The van der Waals surface area contributed by atoms with Crippen LogP contribution in [0.3, 0.4) is 0 Å². The first-order valence-electron chi connectivity index (χ1n) is 9.62. The van der Waals surface area contributed by atoms with E-state index in [0.29, 0.717) is 0 Å². The molecule has 3 aromatic rings. The number of rotatable bonds is 5. The van der Waals surface area contributed by atoms with Gasteiger partial charge >= 0.3 is 11.7 Å². The number of halogens is 2. The van der Waals surface area contributed by atoms with Crippen molar-refractivity contribution >= 4 is 17.9 Å². The molecule has 1 aliphatic rings. The van der Waals surface area contributed by atoms with E-state index in [1.54, 1.807) is 36.5 Å². The fourth-order valence-corrected chi connectivity index (χ4v) is 3.37. The quantitative estimate of drug-likeness (QED) is 0.608. The molecular formula is C22H18F2N4O4. The van der Waals surface area contributed by atoms with Crippen LogP contribution in [0.4, 0.5) is 14.6 Å². The number of aromatic nitrogens is 3. The zero-order valence-corrected chi connectivity index (χ0v) is 17.0. The van der Waals surface area contributed by atoms with Gasteiger partial charge in [0.25, 0.3) is 5.56 Å². The Bertz CT molecular complexity index is 1330. The van der Waals surface area contributed by atoms with Gasteiger partial charge in [0, 0.05) is 19.4 Å². The van der Waals surface area contributed by atoms with E-state index in [1.165, 1.54) is 12.1 Å². The average molecular weight is 440 g/mol. The zero-order valence-electron chi connectivity index (χ0n) is 17.0. The highest BCUT2D eigenvalue weighted by Crippen LogP contribution is 2.23. The lowest BCUT2D eigenvalue weighted by atomic mass is 10.1. The Labute approximate surface area is 180 Å². The number of nitrogens with zero attached hydrogens (tertiary/aromatic N) is 3. The maximum absolute atomic E-state index is 13.5. The van der Waals surface area contributed by atoms with Crippen molar-refractivity contribution in [3.05, 3.63) is 97.5 Å². The number of likely N-dealkylation sites (N-methyl/N-ethyl adjacent to an activating group) is 1. The first-order chi connectivity index (χ1) is 15.3. The molecule has 2 aromatic heterocycles. The predicted octanol–water partition coefficient (Wildman–Crippen LogP) is 1.83. The van der Waals surface area contributed by atoms with Crippen LogP contribution in [0.25, 0.3) is 6.08 Å². The molecule has 1 aliphatic heterocycles. The molecule has 0 atom stereocenters. The summed E-state index contributed by atoms with van der Waals surface area (Å²) in [6.45, 7) is -0.0932. The Morgan fingerprint density at radius 2 is 1.88 bits per heavy atom. The maximum atomic E-state index is 13.5. The van der Waals surface area contributed by atoms with Crippen LogP contribution in [0.15, 0.2) is 57.9 Å². The van der Waals surface area contributed by atoms with Crippen LogP contribution in [-0.2, 0) is 22.7 Å². The average Bonchev–Trinajstić information content (AvgIpc) is 2.78. The number of ether oxygens (including phenoxy) is 1. The fourth-order valence-electron chi connectivity index (χ4n) is 3.37. The highest BCUT2D eigenvalue weighted by Gasteiger charge is 2.25. The fraction of sp³-hybridized carbons (Fsp3) is 0.182. The molecule has 1 aromatic carbocycles. The van der Waals surface area contributed by atoms with Crippen LogP contribution >= 0.6 is 0 Å². The summed E-state index contributed by atoms with van der Waals surface area (Å²) in [5.41, 5.74) is -0.0467. The van der Waals surface area contributed by atoms with Gasteiger partial charge in [-0.15, -0.1) is 0 Å². The lowest BCUT2D eigenvalue weighted by molar-refractivity contribution is -0.140. The lowest BCUT2D eigenvalue weighted by Gasteiger charge is -2.26. The van der Waals surface area contributed by atoms with E-state index in [-0.39, 0.29) is 42.2 Å². The number of aromatic amines is 1. The van der Waals surface area contributed by atoms with E-state index >= 15 is 0 Å². The van der Waals surface area contributed by atoms with Gasteiger partial charge in [-0.25, -0.2) is 18.4 Å². The molecule has 0 radical (unpaired) electrons. The number of pyridine rings is 1. The van der Waals surface area contributed by atoms with Crippen LogP contribution in [0, 0.1) is 11.6 Å². The van der Waals surface area contributed by atoms with Crippen molar-refractivity contribution in [2.75, 3.05) is 18.5 Å². The number of fused-ring (bicyclic) bond motifs is 1. The molecule has 4 rings (SSSR count). The highest BCUT2D eigenvalue weighted by molar-refractivity contribution is 5.97. The molecule has 0 fully saturated rings. The SMILES string of the molecule is CN1CC(C(=O)OCc2ccncc2)=Cc2c1[nH]c(=O)n(Cc1ccc(F)c(F)c1)c2=O. The molecule has 8 nitrogen and oxygen atoms in total. The second-order valence-corrected chi connectivity index (χ2v) is 7.29. The van der Waals surface area contributed by atoms with E-state index in [2.05, 4.69) is 9.97 Å². The zero-order chi connectivity index (χ0) is 22.8. The molecule has 0 saturated carbocycles. The highest BCUT2D eigenvalue weighted by atomic mass is 19.2. The number of hydrogen-bond acceptors (Lipinski definition) is 6. The van der Waals surface area contributed by atoms with Crippen LogP contribution in [0.5, 0.6) is 0 Å². The summed E-state index contributed by atoms with van der Waals surface area (Å²) in [5, 5.41) is 0. The lowest BCUT2D eigenvalue weighted by Crippen LogP contribution is -2.41. The largest absolute Gasteiger partial charge is 0.457 e. The van der Waals surface area contributed by atoms with Crippen molar-refractivity contribution in [2.45, 2.75) is 13.2 Å². The van der Waals surface area contributed by atoms with Crippen molar-refractivity contribution < 1.29 is 18.3 Å². The van der Waals surface area contributed by atoms with Gasteiger partial charge in [0.15, 0.2) is 11.6 Å². The monoisotopic (exact) mass is 440 g/mol. The summed E-state index contributed by atoms with van der Waals surface area (Å²) >= 11 is 0. The van der Waals surface area contributed by atoms with Crippen LogP contribution < -0.4 is 16.1 Å². The van der Waals surface area contributed by atoms with Gasteiger partial charge < -0.3 is 9.64 Å². The smallest absolute Gasteiger partial charge is 0.336 e. The number of carbonyl (C=O) groups excluding carboxylic acids is 1. The van der Waals surface area contributed by atoms with Gasteiger partial charge in [-0.2, -0.15) is 0 Å². The second-order valence-electron chi connectivity index (χ2n) is 7.29. The molecule has 0 spiro atoms. The van der Waals surface area contributed by atoms with Crippen LogP contribution in [-0.4, -0.2) is 34.1 Å². The number of carbonyl (C=O) groups is 1. The standard InChI is InChI=1S/C22H18F2N4O4/c1-27-11-15(21(30)32-12-13-4-6-25-7-5-13)9-16-19(27)26-22(31)28(20(16)29)10-14-2-3-17(23)18(24)8-14/h2-9H,10-12H2,1H3,(H,26,31). The summed E-state index contributed by atoms with van der Waals surface area (Å²) in [4.78, 5) is 46.1. The molecule has 164 valence electrons. The number of esters is 1. The van der Waals surface area contributed by atoms with Crippen LogP contribution in [0.2, 0.25) is 0 Å². The molecule has 1 N–H and O–H groups in total. The summed E-state index contributed by atoms with van der Waals surface area (Å²) < 4.78 is 32.9. The van der Waals surface area contributed by atoms with Gasteiger partial charge in [0.1, 0.15) is 12.4 Å². The first kappa shape index (κ1) is 21.2. The van der Waals surface area contributed by atoms with Crippen molar-refractivity contribution in [1.29, 1.82) is 0 Å². The van der Waals surface area contributed by atoms with Gasteiger partial charge in [-0.05, 0) is 41.5 Å². The molecule has 32 heavy (non-hydrogen) atoms. The van der Waals surface area contributed by atoms with Crippen molar-refractivity contribution in [2.24, 2.45) is 0 Å². The molecule has 0 bridgehead atoms. The number of nitrogens with one attached hydrogen (secondary N) is 1. The summed E-state index contributed by atoms with van der Waals surface area (Å²) in [6, 6.07) is 6.56. The van der Waals surface area contributed by atoms with Crippen LogP contribution in [0.1, 0.15) is 16.7 Å². The molecule has 10 heteroatoms. The van der Waals surface area contributed by atoms with Crippen molar-refractivity contribution in [3.63, 3.8) is 0 Å². The van der Waals surface area contributed by atoms with Gasteiger partial charge in [0.05, 0.1) is 24.2 Å². The number of anilines is 1. The van der Waals surface area contributed by atoms with E-state index in [4.69, 9.17) is 4.74 Å². The molecule has 0 saturated heterocycles. The van der Waals surface area contributed by atoms with E-state index < -0.39 is 28.9 Å². The molecular weight excluding hydrogens is 422 g/mol. The third-order valence-corrected chi connectivity index (χ3v) is 5.02. The summed E-state index contributed by atoms with van der Waals surface area (Å²) in [7, 11) is 1.62. The minimum atomic E-state index is -1.08. The third kappa shape index (κ3) is 4.20. The Hall–Kier alpha value is -4.08. The first-order valence-corrected chi connectivity index (χ1v) is 9.62. The van der Waals surface area contributed by atoms with E-state index in [0.717, 1.165) is 22.3 Å². The number of H-pyrrole nitrogens is 1. The number of hydrogen-bond donors (Lipinski definition) is 1. The number of benzene rings is 1. The van der Waals surface area contributed by atoms with Crippen molar-refractivity contribution in [3.8, 4) is 0 Å². The molecule has 0 aliphatic carbocycles. The van der Waals surface area contributed by atoms with Gasteiger partial charge in [-0.1, -0.05) is 6.07 Å². The predicted molar refractivity (Wildman–Crippen MR) is 112 cm³/mol. The summed E-state index contributed by atoms with van der Waals surface area (Å²) in [5.74, 6) is -2.45. The Kier molecular flexibility index (Phi) is 5.67. The third-order valence-electron chi connectivity index (χ3n) is 5.02. The Balaban J connectivity index is 1.64.